The predicted octanol–water partition coefficient (Wildman–Crippen LogP) is 5.13. The molecule has 0 fully saturated rings. The Hall–Kier alpha value is -3.83. The maximum atomic E-state index is 13.1. The molecule has 3 aromatic carbocycles. The number of ether oxygens (including phenoxy) is 1. The van der Waals surface area contributed by atoms with Crippen LogP contribution in [0.4, 0.5) is 0 Å². The molecule has 0 aliphatic carbocycles. The summed E-state index contributed by atoms with van der Waals surface area (Å²) in [5.74, 6) is -0.0197. The van der Waals surface area contributed by atoms with Crippen LogP contribution in [0.2, 0.25) is 5.02 Å². The largest absolute Gasteiger partial charge is 0.485 e. The number of para-hydroxylation sites is 1. The van der Waals surface area contributed by atoms with Gasteiger partial charge in [-0.15, -0.1) is 0 Å². The molecule has 1 atom stereocenters. The first-order chi connectivity index (χ1) is 16.0. The monoisotopic (exact) mass is 458 g/mol. The summed E-state index contributed by atoms with van der Waals surface area (Å²) >= 11 is 5.93. The van der Waals surface area contributed by atoms with Crippen LogP contribution < -0.4 is 15.4 Å². The molecule has 5 nitrogen and oxygen atoms in total. The summed E-state index contributed by atoms with van der Waals surface area (Å²) < 4.78 is 5.99. The Morgan fingerprint density at radius 2 is 1.67 bits per heavy atom. The van der Waals surface area contributed by atoms with Gasteiger partial charge < -0.3 is 15.4 Å². The van der Waals surface area contributed by atoms with Gasteiger partial charge in [-0.1, -0.05) is 60.1 Å². The van der Waals surface area contributed by atoms with E-state index < -0.39 is 11.8 Å². The molecular formula is C27H23ClN2O3. The van der Waals surface area contributed by atoms with Crippen molar-refractivity contribution in [1.29, 1.82) is 0 Å². The van der Waals surface area contributed by atoms with E-state index in [1.807, 2.05) is 67.6 Å². The van der Waals surface area contributed by atoms with Crippen LogP contribution in [-0.4, -0.2) is 17.9 Å². The number of halogens is 1. The Kier molecular flexibility index (Phi) is 6.91. The SMILES string of the molecule is C[C@H]1Oc2ccccc2C=C1/C=C(/NC(=O)c1ccc(Cl)cc1)C(=O)NCc1ccccc1. The van der Waals surface area contributed by atoms with Crippen LogP contribution >= 0.6 is 11.6 Å². The molecule has 6 heteroatoms. The summed E-state index contributed by atoms with van der Waals surface area (Å²) in [6.45, 7) is 2.24. The lowest BCUT2D eigenvalue weighted by molar-refractivity contribution is -0.118. The average Bonchev–Trinajstić information content (AvgIpc) is 2.83. The second-order valence-corrected chi connectivity index (χ2v) is 8.07. The molecule has 0 spiro atoms. The van der Waals surface area contributed by atoms with E-state index in [-0.39, 0.29) is 11.8 Å². The van der Waals surface area contributed by atoms with E-state index in [1.54, 1.807) is 30.3 Å². The van der Waals surface area contributed by atoms with Crippen molar-refractivity contribution in [2.75, 3.05) is 0 Å². The van der Waals surface area contributed by atoms with E-state index in [4.69, 9.17) is 16.3 Å². The van der Waals surface area contributed by atoms with E-state index in [9.17, 15) is 9.59 Å². The number of hydrogen-bond donors (Lipinski definition) is 2. The molecule has 0 unspecified atom stereocenters. The number of nitrogens with one attached hydrogen (secondary N) is 2. The Labute approximate surface area is 197 Å². The van der Waals surface area contributed by atoms with Crippen molar-refractivity contribution in [3.63, 3.8) is 0 Å². The molecule has 1 heterocycles. The number of carbonyl (C=O) groups excluding carboxylic acids is 2. The minimum absolute atomic E-state index is 0.131. The summed E-state index contributed by atoms with van der Waals surface area (Å²) in [5, 5.41) is 6.16. The Bertz CT molecular complexity index is 1220. The molecule has 0 saturated heterocycles. The van der Waals surface area contributed by atoms with E-state index in [2.05, 4.69) is 10.6 Å². The van der Waals surface area contributed by atoms with E-state index in [0.29, 0.717) is 17.1 Å². The highest BCUT2D eigenvalue weighted by Crippen LogP contribution is 2.30. The molecule has 3 aromatic rings. The summed E-state index contributed by atoms with van der Waals surface area (Å²) in [4.78, 5) is 25.9. The van der Waals surface area contributed by atoms with Crippen LogP contribution in [-0.2, 0) is 11.3 Å². The predicted molar refractivity (Wildman–Crippen MR) is 130 cm³/mol. The second-order valence-electron chi connectivity index (χ2n) is 7.63. The topological polar surface area (TPSA) is 67.4 Å². The number of rotatable bonds is 6. The summed E-state index contributed by atoms with van der Waals surface area (Å²) in [6.07, 6.45) is 3.33. The maximum Gasteiger partial charge on any atom is 0.268 e. The number of carbonyl (C=O) groups is 2. The molecule has 0 aromatic heterocycles. The van der Waals surface area contributed by atoms with E-state index in [1.165, 1.54) is 0 Å². The van der Waals surface area contributed by atoms with Gasteiger partial charge in [-0.25, -0.2) is 0 Å². The Morgan fingerprint density at radius 1 is 0.970 bits per heavy atom. The van der Waals surface area contributed by atoms with Gasteiger partial charge in [0.25, 0.3) is 11.8 Å². The van der Waals surface area contributed by atoms with Crippen molar-refractivity contribution >= 4 is 29.5 Å². The average molecular weight is 459 g/mol. The summed E-state index contributed by atoms with van der Waals surface area (Å²) in [6, 6.07) is 23.7. The van der Waals surface area contributed by atoms with E-state index in [0.717, 1.165) is 22.4 Å². The zero-order chi connectivity index (χ0) is 23.2. The van der Waals surface area contributed by atoms with E-state index >= 15 is 0 Å². The van der Waals surface area contributed by atoms with Crippen molar-refractivity contribution < 1.29 is 14.3 Å². The molecular weight excluding hydrogens is 436 g/mol. The zero-order valence-electron chi connectivity index (χ0n) is 18.0. The number of fused-ring (bicyclic) bond motifs is 1. The lowest BCUT2D eigenvalue weighted by atomic mass is 10.0. The van der Waals surface area contributed by atoms with Gasteiger partial charge >= 0.3 is 0 Å². The highest BCUT2D eigenvalue weighted by molar-refractivity contribution is 6.30. The first-order valence-corrected chi connectivity index (χ1v) is 11.0. The van der Waals surface area contributed by atoms with Gasteiger partial charge in [-0.3, -0.25) is 9.59 Å². The fourth-order valence-corrected chi connectivity index (χ4v) is 3.54. The van der Waals surface area contributed by atoms with Crippen LogP contribution in [0.3, 0.4) is 0 Å². The fourth-order valence-electron chi connectivity index (χ4n) is 3.42. The van der Waals surface area contributed by atoms with Crippen LogP contribution in [0.5, 0.6) is 5.75 Å². The number of benzene rings is 3. The minimum atomic E-state index is -0.404. The molecule has 4 rings (SSSR count). The van der Waals surface area contributed by atoms with Crippen molar-refractivity contribution in [3.05, 3.63) is 118 Å². The van der Waals surface area contributed by atoms with Crippen LogP contribution in [0.15, 0.2) is 96.2 Å². The molecule has 0 radical (unpaired) electrons. The summed E-state index contributed by atoms with van der Waals surface area (Å²) in [5.41, 5.74) is 3.17. The Balaban J connectivity index is 1.61. The lowest BCUT2D eigenvalue weighted by Gasteiger charge is -2.23. The van der Waals surface area contributed by atoms with Crippen molar-refractivity contribution in [1.82, 2.24) is 10.6 Å². The zero-order valence-corrected chi connectivity index (χ0v) is 18.8. The highest BCUT2D eigenvalue weighted by atomic mass is 35.5. The molecule has 33 heavy (non-hydrogen) atoms. The third-order valence-electron chi connectivity index (χ3n) is 5.22. The Morgan fingerprint density at radius 3 is 2.42 bits per heavy atom. The normalized spacial score (nSPS) is 15.0. The van der Waals surface area contributed by atoms with Crippen LogP contribution in [0, 0.1) is 0 Å². The van der Waals surface area contributed by atoms with Gasteiger partial charge in [0.2, 0.25) is 0 Å². The van der Waals surface area contributed by atoms with Crippen molar-refractivity contribution in [2.24, 2.45) is 0 Å². The van der Waals surface area contributed by atoms with Crippen LogP contribution in [0.1, 0.15) is 28.4 Å². The third-order valence-corrected chi connectivity index (χ3v) is 5.47. The number of hydrogen-bond acceptors (Lipinski definition) is 3. The van der Waals surface area contributed by atoms with Gasteiger partial charge in [-0.2, -0.15) is 0 Å². The maximum absolute atomic E-state index is 13.1. The lowest BCUT2D eigenvalue weighted by Crippen LogP contribution is -2.35. The minimum Gasteiger partial charge on any atom is -0.485 e. The number of amides is 2. The molecule has 0 saturated carbocycles. The quantitative estimate of drug-likeness (QED) is 0.503. The molecule has 166 valence electrons. The van der Waals surface area contributed by atoms with Crippen molar-refractivity contribution in [2.45, 2.75) is 19.6 Å². The molecule has 1 aliphatic heterocycles. The molecule has 2 N–H and O–H groups in total. The van der Waals surface area contributed by atoms with Gasteiger partial charge in [-0.05, 0) is 60.5 Å². The molecule has 0 bridgehead atoms. The van der Waals surface area contributed by atoms with Gasteiger partial charge in [0.05, 0.1) is 0 Å². The fraction of sp³-hybridized carbons (Fsp3) is 0.111. The van der Waals surface area contributed by atoms with Gasteiger partial charge in [0, 0.05) is 22.7 Å². The van der Waals surface area contributed by atoms with Gasteiger partial charge in [0.1, 0.15) is 17.6 Å². The second kappa shape index (κ2) is 10.2. The smallest absolute Gasteiger partial charge is 0.268 e. The van der Waals surface area contributed by atoms with Crippen molar-refractivity contribution in [3.8, 4) is 5.75 Å². The molecule has 2 amide bonds. The molecule has 1 aliphatic rings. The van der Waals surface area contributed by atoms with Gasteiger partial charge in [0.15, 0.2) is 0 Å². The first kappa shape index (κ1) is 22.4. The first-order valence-electron chi connectivity index (χ1n) is 10.6. The standard InChI is InChI=1S/C27H23ClN2O3/c1-18-22(15-21-9-5-6-10-25(21)33-18)16-24(27(32)29-17-19-7-3-2-4-8-19)30-26(31)20-11-13-23(28)14-12-20/h2-16,18H,17H2,1H3,(H,29,32)(H,30,31)/b24-16+/t18-/m1/s1. The summed E-state index contributed by atoms with van der Waals surface area (Å²) in [7, 11) is 0. The third kappa shape index (κ3) is 5.70. The van der Waals surface area contributed by atoms with Crippen LogP contribution in [0.25, 0.3) is 6.08 Å². The highest BCUT2D eigenvalue weighted by Gasteiger charge is 2.21.